The maximum Gasteiger partial charge on any atom is 0.227 e. The molecule has 3 nitrogen and oxygen atoms in total. The first-order valence-electron chi connectivity index (χ1n) is 6.41. The summed E-state index contributed by atoms with van der Waals surface area (Å²) in [6, 6.07) is 2.81. The van der Waals surface area contributed by atoms with Crippen LogP contribution in [0.2, 0.25) is 0 Å². The van der Waals surface area contributed by atoms with E-state index in [9.17, 15) is 9.18 Å². The van der Waals surface area contributed by atoms with Gasteiger partial charge in [0.1, 0.15) is 5.82 Å². The lowest BCUT2D eigenvalue weighted by Gasteiger charge is -2.15. The number of nitrogen functional groups attached to an aromatic ring is 1. The number of rotatable bonds is 2. The van der Waals surface area contributed by atoms with E-state index in [4.69, 9.17) is 5.73 Å². The Balaban J connectivity index is 1.76. The van der Waals surface area contributed by atoms with Crippen LogP contribution in [0.3, 0.4) is 0 Å². The molecule has 0 aliphatic heterocycles. The first-order valence-corrected chi connectivity index (χ1v) is 6.41. The quantitative estimate of drug-likeness (QED) is 0.791. The minimum atomic E-state index is -0.418. The molecule has 2 fully saturated rings. The molecule has 0 radical (unpaired) electrons. The second-order valence-corrected chi connectivity index (χ2v) is 5.55. The normalized spacial score (nSPS) is 28.9. The summed E-state index contributed by atoms with van der Waals surface area (Å²) in [6.45, 7) is 1.72. The van der Waals surface area contributed by atoms with E-state index < -0.39 is 5.82 Å². The number of carbonyl (C=O) groups excluding carboxylic acids is 1. The Morgan fingerprint density at radius 3 is 2.67 bits per heavy atom. The third-order valence-corrected chi connectivity index (χ3v) is 4.32. The summed E-state index contributed by atoms with van der Waals surface area (Å²) in [5.41, 5.74) is 7.07. The van der Waals surface area contributed by atoms with E-state index in [1.165, 1.54) is 18.6 Å². The maximum atomic E-state index is 13.7. The summed E-state index contributed by atoms with van der Waals surface area (Å²) in [6.07, 6.45) is 3.19. The molecule has 0 aromatic heterocycles. The second kappa shape index (κ2) is 3.97. The number of halogens is 1. The number of carbonyl (C=O) groups is 1. The Kier molecular flexibility index (Phi) is 2.54. The van der Waals surface area contributed by atoms with Gasteiger partial charge in [0.2, 0.25) is 5.91 Å². The molecule has 0 spiro atoms. The van der Waals surface area contributed by atoms with Gasteiger partial charge in [-0.2, -0.15) is 0 Å². The van der Waals surface area contributed by atoms with Crippen LogP contribution in [0.25, 0.3) is 0 Å². The van der Waals surface area contributed by atoms with E-state index in [0.29, 0.717) is 11.3 Å². The average Bonchev–Trinajstić information content (AvgIpc) is 2.96. The molecular weight excluding hydrogens is 231 g/mol. The van der Waals surface area contributed by atoms with E-state index >= 15 is 0 Å². The average molecular weight is 248 g/mol. The van der Waals surface area contributed by atoms with Crippen LogP contribution in [-0.4, -0.2) is 5.91 Å². The van der Waals surface area contributed by atoms with Gasteiger partial charge >= 0.3 is 0 Å². The predicted octanol–water partition coefficient (Wildman–Crippen LogP) is 2.70. The molecule has 2 aliphatic carbocycles. The van der Waals surface area contributed by atoms with E-state index in [1.807, 2.05) is 0 Å². The Morgan fingerprint density at radius 1 is 1.33 bits per heavy atom. The van der Waals surface area contributed by atoms with E-state index in [1.54, 1.807) is 6.92 Å². The van der Waals surface area contributed by atoms with Crippen LogP contribution < -0.4 is 11.1 Å². The zero-order chi connectivity index (χ0) is 12.9. The fourth-order valence-electron chi connectivity index (χ4n) is 3.00. The molecule has 0 bridgehead atoms. The summed E-state index contributed by atoms with van der Waals surface area (Å²) < 4.78 is 13.7. The molecule has 4 heteroatoms. The zero-order valence-electron chi connectivity index (χ0n) is 10.4. The van der Waals surface area contributed by atoms with Gasteiger partial charge in [-0.3, -0.25) is 4.79 Å². The minimum Gasteiger partial charge on any atom is -0.398 e. The van der Waals surface area contributed by atoms with Gasteiger partial charge in [-0.05, 0) is 55.7 Å². The highest BCUT2D eigenvalue weighted by molar-refractivity contribution is 5.94. The fraction of sp³-hybridized carbons (Fsp3) is 0.500. The van der Waals surface area contributed by atoms with Crippen molar-refractivity contribution in [3.05, 3.63) is 23.5 Å². The van der Waals surface area contributed by atoms with Gasteiger partial charge in [0, 0.05) is 11.6 Å². The summed E-state index contributed by atoms with van der Waals surface area (Å²) in [4.78, 5) is 12.1. The number of benzene rings is 1. The molecule has 1 aromatic carbocycles. The van der Waals surface area contributed by atoms with E-state index in [2.05, 4.69) is 5.32 Å². The monoisotopic (exact) mass is 248 g/mol. The van der Waals surface area contributed by atoms with Gasteiger partial charge in [-0.1, -0.05) is 0 Å². The van der Waals surface area contributed by atoms with Gasteiger partial charge in [0.15, 0.2) is 0 Å². The highest BCUT2D eigenvalue weighted by Crippen LogP contribution is 2.54. The Hall–Kier alpha value is -1.58. The van der Waals surface area contributed by atoms with Crippen molar-refractivity contribution in [1.29, 1.82) is 0 Å². The van der Waals surface area contributed by atoms with Crippen LogP contribution in [0.5, 0.6) is 0 Å². The summed E-state index contributed by atoms with van der Waals surface area (Å²) in [7, 11) is 0. The number of nitrogens with two attached hydrogens (primary N) is 1. The molecule has 2 saturated carbocycles. The molecule has 96 valence electrons. The van der Waals surface area contributed by atoms with Crippen molar-refractivity contribution in [2.45, 2.75) is 26.2 Å². The van der Waals surface area contributed by atoms with Gasteiger partial charge < -0.3 is 11.1 Å². The minimum absolute atomic E-state index is 0.0500. The molecule has 1 amide bonds. The molecule has 0 heterocycles. The maximum absolute atomic E-state index is 13.7. The molecule has 2 unspecified atom stereocenters. The highest BCUT2D eigenvalue weighted by Gasteiger charge is 2.48. The van der Waals surface area contributed by atoms with Crippen molar-refractivity contribution in [3.63, 3.8) is 0 Å². The highest BCUT2D eigenvalue weighted by atomic mass is 19.1. The topological polar surface area (TPSA) is 55.1 Å². The molecule has 2 aliphatic rings. The van der Waals surface area contributed by atoms with Crippen LogP contribution in [-0.2, 0) is 4.79 Å². The smallest absolute Gasteiger partial charge is 0.227 e. The first-order chi connectivity index (χ1) is 8.56. The van der Waals surface area contributed by atoms with Gasteiger partial charge in [-0.25, -0.2) is 4.39 Å². The van der Waals surface area contributed by atoms with Crippen molar-refractivity contribution in [1.82, 2.24) is 0 Å². The first kappa shape index (κ1) is 11.5. The van der Waals surface area contributed by atoms with Crippen LogP contribution in [0, 0.1) is 30.5 Å². The largest absolute Gasteiger partial charge is 0.398 e. The zero-order valence-corrected chi connectivity index (χ0v) is 10.4. The van der Waals surface area contributed by atoms with Crippen molar-refractivity contribution in [3.8, 4) is 0 Å². The number of hydrogen-bond acceptors (Lipinski definition) is 2. The summed E-state index contributed by atoms with van der Waals surface area (Å²) >= 11 is 0. The summed E-state index contributed by atoms with van der Waals surface area (Å²) in [5.74, 6) is 1.06. The van der Waals surface area contributed by atoms with Crippen molar-refractivity contribution < 1.29 is 9.18 Å². The van der Waals surface area contributed by atoms with Crippen LogP contribution in [0.4, 0.5) is 15.8 Å². The number of hydrogen-bond donors (Lipinski definition) is 2. The van der Waals surface area contributed by atoms with Gasteiger partial charge in [-0.15, -0.1) is 0 Å². The van der Waals surface area contributed by atoms with Gasteiger partial charge in [0.25, 0.3) is 0 Å². The lowest BCUT2D eigenvalue weighted by Crippen LogP contribution is -2.23. The molecule has 1 aromatic rings. The summed E-state index contributed by atoms with van der Waals surface area (Å²) in [5, 5.41) is 2.71. The predicted molar refractivity (Wildman–Crippen MR) is 68.5 cm³/mol. The molecule has 18 heavy (non-hydrogen) atoms. The number of amides is 1. The van der Waals surface area contributed by atoms with Crippen molar-refractivity contribution >= 4 is 17.3 Å². The van der Waals surface area contributed by atoms with E-state index in [-0.39, 0.29) is 17.5 Å². The number of anilines is 2. The molecule has 2 atom stereocenters. The lowest BCUT2D eigenvalue weighted by atomic mass is 10.0. The van der Waals surface area contributed by atoms with Gasteiger partial charge in [0.05, 0.1) is 5.69 Å². The van der Waals surface area contributed by atoms with Crippen molar-refractivity contribution in [2.24, 2.45) is 17.8 Å². The third kappa shape index (κ3) is 1.85. The van der Waals surface area contributed by atoms with Crippen LogP contribution in [0.15, 0.2) is 12.1 Å². The Labute approximate surface area is 106 Å². The second-order valence-electron chi connectivity index (χ2n) is 5.55. The fourth-order valence-corrected chi connectivity index (χ4v) is 3.00. The number of fused-ring (bicyclic) bond motifs is 1. The molecule has 3 rings (SSSR count). The SMILES string of the molecule is Cc1c(N)ccc(F)c1NC(=O)C1CC2CC2C1. The third-order valence-electron chi connectivity index (χ3n) is 4.32. The molecular formula is C14H17FN2O. The Morgan fingerprint density at radius 2 is 2.00 bits per heavy atom. The van der Waals surface area contributed by atoms with E-state index in [0.717, 1.165) is 24.7 Å². The van der Waals surface area contributed by atoms with Crippen LogP contribution in [0.1, 0.15) is 24.8 Å². The molecule has 3 N–H and O–H groups in total. The number of nitrogens with one attached hydrogen (secondary N) is 1. The Bertz CT molecular complexity index is 505. The van der Waals surface area contributed by atoms with Crippen LogP contribution >= 0.6 is 0 Å². The standard InChI is InChI=1S/C14H17FN2O/c1-7-12(16)3-2-11(15)13(7)17-14(18)10-5-8-4-9(8)6-10/h2-3,8-10H,4-6,16H2,1H3,(H,17,18). The molecule has 0 saturated heterocycles. The lowest BCUT2D eigenvalue weighted by molar-refractivity contribution is -0.120. The van der Waals surface area contributed by atoms with Crippen molar-refractivity contribution in [2.75, 3.05) is 11.1 Å².